The molecule has 180 valence electrons. The van der Waals surface area contributed by atoms with Crippen molar-refractivity contribution < 1.29 is 23.0 Å². The van der Waals surface area contributed by atoms with Crippen LogP contribution in [0.25, 0.3) is 5.69 Å². The van der Waals surface area contributed by atoms with Gasteiger partial charge >= 0.3 is 6.03 Å². The maximum atomic E-state index is 14.9. The number of nitrogens with zero attached hydrogens (tertiary/aromatic N) is 3. The zero-order valence-corrected chi connectivity index (χ0v) is 19.0. The van der Waals surface area contributed by atoms with E-state index in [1.54, 1.807) is 43.5 Å². The van der Waals surface area contributed by atoms with Crippen molar-refractivity contribution in [1.82, 2.24) is 20.0 Å². The van der Waals surface area contributed by atoms with Gasteiger partial charge in [-0.05, 0) is 29.8 Å². The highest BCUT2D eigenvalue weighted by Gasteiger charge is 2.35. The average molecular weight is 472 g/mol. The number of amides is 2. The van der Waals surface area contributed by atoms with Crippen LogP contribution in [0.4, 0.5) is 19.4 Å². The second-order valence-electron chi connectivity index (χ2n) is 8.03. The van der Waals surface area contributed by atoms with Gasteiger partial charge in [-0.3, -0.25) is 10.2 Å². The number of carbonyl (C=O) groups is 1. The molecule has 10 heteroatoms. The van der Waals surface area contributed by atoms with Crippen LogP contribution in [0.5, 0.6) is 5.88 Å². The molecule has 0 spiro atoms. The van der Waals surface area contributed by atoms with Crippen LogP contribution < -0.4 is 15.4 Å². The van der Waals surface area contributed by atoms with Crippen molar-refractivity contribution in [2.24, 2.45) is 0 Å². The van der Waals surface area contributed by atoms with Crippen molar-refractivity contribution in [1.29, 1.82) is 0 Å². The molecule has 1 aromatic heterocycles. The van der Waals surface area contributed by atoms with Crippen LogP contribution in [0, 0.1) is 11.6 Å². The molecule has 0 saturated carbocycles. The fraction of sp³-hybridized carbons (Fsp3) is 0.333. The molecule has 3 aromatic rings. The van der Waals surface area contributed by atoms with E-state index in [4.69, 9.17) is 9.47 Å². The SMILES string of the molecule is COCCN1C[C@@H](NC(=O)Nc2c(F)c(OC)nn2-c2ccccc2)[C@H](c2ccc(F)cc2)C1. The maximum Gasteiger partial charge on any atom is 0.320 e. The Hall–Kier alpha value is -3.50. The molecule has 2 aromatic carbocycles. The van der Waals surface area contributed by atoms with Gasteiger partial charge in [-0.25, -0.2) is 13.9 Å². The monoisotopic (exact) mass is 471 g/mol. The van der Waals surface area contributed by atoms with E-state index in [1.165, 1.54) is 23.9 Å². The summed E-state index contributed by atoms with van der Waals surface area (Å²) in [6.07, 6.45) is 0. The van der Waals surface area contributed by atoms with E-state index in [1.807, 2.05) is 6.07 Å². The molecule has 0 aliphatic carbocycles. The Bertz CT molecular complexity index is 1110. The van der Waals surface area contributed by atoms with E-state index < -0.39 is 11.8 Å². The second-order valence-corrected chi connectivity index (χ2v) is 8.03. The number of halogens is 2. The van der Waals surface area contributed by atoms with Gasteiger partial charge in [0.25, 0.3) is 5.88 Å². The minimum atomic E-state index is -0.773. The third-order valence-corrected chi connectivity index (χ3v) is 5.85. The summed E-state index contributed by atoms with van der Waals surface area (Å²) in [4.78, 5) is 15.1. The van der Waals surface area contributed by atoms with Crippen molar-refractivity contribution in [2.75, 3.05) is 45.8 Å². The number of hydrogen-bond acceptors (Lipinski definition) is 5. The number of benzene rings is 2. The third-order valence-electron chi connectivity index (χ3n) is 5.85. The molecule has 2 atom stereocenters. The first kappa shape index (κ1) is 23.7. The number of likely N-dealkylation sites (tertiary alicyclic amines) is 1. The van der Waals surface area contributed by atoms with Gasteiger partial charge in [0.2, 0.25) is 5.82 Å². The first-order valence-corrected chi connectivity index (χ1v) is 10.9. The Balaban J connectivity index is 1.54. The maximum absolute atomic E-state index is 14.9. The molecule has 1 aliphatic rings. The molecule has 2 heterocycles. The first-order chi connectivity index (χ1) is 16.5. The van der Waals surface area contributed by atoms with E-state index in [0.29, 0.717) is 31.9 Å². The van der Waals surface area contributed by atoms with Gasteiger partial charge in [-0.15, -0.1) is 5.10 Å². The van der Waals surface area contributed by atoms with Gasteiger partial charge < -0.3 is 14.8 Å². The van der Waals surface area contributed by atoms with Crippen LogP contribution in [0.2, 0.25) is 0 Å². The number of hydrogen-bond donors (Lipinski definition) is 2. The Morgan fingerprint density at radius 3 is 2.50 bits per heavy atom. The number of urea groups is 1. The Labute approximate surface area is 196 Å². The molecule has 0 unspecified atom stereocenters. The van der Waals surface area contributed by atoms with Gasteiger partial charge in [0, 0.05) is 32.7 Å². The number of para-hydroxylation sites is 1. The lowest BCUT2D eigenvalue weighted by Gasteiger charge is -2.21. The van der Waals surface area contributed by atoms with Gasteiger partial charge in [0.05, 0.1) is 25.4 Å². The van der Waals surface area contributed by atoms with Gasteiger partial charge in [-0.2, -0.15) is 4.39 Å². The number of methoxy groups -OCH3 is 2. The molecule has 34 heavy (non-hydrogen) atoms. The zero-order valence-electron chi connectivity index (χ0n) is 19.0. The fourth-order valence-corrected chi connectivity index (χ4v) is 4.17. The van der Waals surface area contributed by atoms with Crippen LogP contribution >= 0.6 is 0 Å². The predicted molar refractivity (Wildman–Crippen MR) is 123 cm³/mol. The van der Waals surface area contributed by atoms with Gasteiger partial charge in [0.1, 0.15) is 5.82 Å². The summed E-state index contributed by atoms with van der Waals surface area (Å²) in [5.41, 5.74) is 1.48. The number of rotatable bonds is 8. The van der Waals surface area contributed by atoms with E-state index in [9.17, 15) is 13.6 Å². The number of anilines is 1. The lowest BCUT2D eigenvalue weighted by Crippen LogP contribution is -2.42. The quantitative estimate of drug-likeness (QED) is 0.527. The van der Waals surface area contributed by atoms with Crippen molar-refractivity contribution in [2.45, 2.75) is 12.0 Å². The van der Waals surface area contributed by atoms with Crippen LogP contribution in [0.1, 0.15) is 11.5 Å². The number of carbonyl (C=O) groups excluding carboxylic acids is 1. The van der Waals surface area contributed by atoms with E-state index >= 15 is 0 Å². The van der Waals surface area contributed by atoms with Gasteiger partial charge in [-0.1, -0.05) is 30.3 Å². The largest absolute Gasteiger partial charge is 0.478 e. The lowest BCUT2D eigenvalue weighted by atomic mass is 9.94. The summed E-state index contributed by atoms with van der Waals surface area (Å²) in [6.45, 7) is 2.49. The highest BCUT2D eigenvalue weighted by Crippen LogP contribution is 2.29. The van der Waals surface area contributed by atoms with Crippen molar-refractivity contribution in [3.8, 4) is 11.6 Å². The summed E-state index contributed by atoms with van der Waals surface area (Å²) in [5, 5.41) is 9.66. The second kappa shape index (κ2) is 10.6. The lowest BCUT2D eigenvalue weighted by molar-refractivity contribution is 0.159. The molecule has 2 N–H and O–H groups in total. The summed E-state index contributed by atoms with van der Waals surface area (Å²) >= 11 is 0. The molecule has 1 fully saturated rings. The standard InChI is InChI=1S/C24H27F2N5O3/c1-33-13-12-30-14-19(16-8-10-17(25)11-9-16)20(15-30)27-24(32)28-22-21(26)23(34-2)29-31(22)18-6-4-3-5-7-18/h3-11,19-20H,12-15H2,1-2H3,(H2,27,28,32)/t19-,20+/m0/s1. The smallest absolute Gasteiger partial charge is 0.320 e. The molecule has 1 saturated heterocycles. The van der Waals surface area contributed by atoms with Gasteiger partial charge in [0.15, 0.2) is 5.82 Å². The van der Waals surface area contributed by atoms with Crippen LogP contribution in [-0.2, 0) is 4.74 Å². The Kier molecular flexibility index (Phi) is 7.39. The Morgan fingerprint density at radius 2 is 1.82 bits per heavy atom. The highest BCUT2D eigenvalue weighted by atomic mass is 19.1. The van der Waals surface area contributed by atoms with Crippen molar-refractivity contribution in [3.05, 3.63) is 71.8 Å². The Morgan fingerprint density at radius 1 is 1.09 bits per heavy atom. The third kappa shape index (κ3) is 5.18. The molecular formula is C24H27F2N5O3. The molecule has 0 bridgehead atoms. The zero-order chi connectivity index (χ0) is 24.1. The molecule has 1 aliphatic heterocycles. The summed E-state index contributed by atoms with van der Waals surface area (Å²) in [5.74, 6) is -1.52. The van der Waals surface area contributed by atoms with E-state index in [2.05, 4.69) is 20.6 Å². The highest BCUT2D eigenvalue weighted by molar-refractivity contribution is 5.89. The minimum absolute atomic E-state index is 0.0679. The van der Waals surface area contributed by atoms with E-state index in [0.717, 1.165) is 5.56 Å². The van der Waals surface area contributed by atoms with Crippen LogP contribution in [-0.4, -0.2) is 67.2 Å². The topological polar surface area (TPSA) is 80.7 Å². The average Bonchev–Trinajstić information content (AvgIpc) is 3.39. The number of nitrogens with one attached hydrogen (secondary N) is 2. The molecule has 0 radical (unpaired) electrons. The molecule has 8 nitrogen and oxygen atoms in total. The first-order valence-electron chi connectivity index (χ1n) is 10.9. The minimum Gasteiger partial charge on any atom is -0.478 e. The van der Waals surface area contributed by atoms with Crippen molar-refractivity contribution in [3.63, 3.8) is 0 Å². The molecule has 2 amide bonds. The predicted octanol–water partition coefficient (Wildman–Crippen LogP) is 3.40. The molecular weight excluding hydrogens is 444 g/mol. The number of aromatic nitrogens is 2. The van der Waals surface area contributed by atoms with Crippen molar-refractivity contribution >= 4 is 11.8 Å². The van der Waals surface area contributed by atoms with Crippen LogP contribution in [0.15, 0.2) is 54.6 Å². The summed E-state index contributed by atoms with van der Waals surface area (Å²) < 4.78 is 39.9. The summed E-state index contributed by atoms with van der Waals surface area (Å²) in [7, 11) is 2.94. The van der Waals surface area contributed by atoms with Crippen LogP contribution in [0.3, 0.4) is 0 Å². The summed E-state index contributed by atoms with van der Waals surface area (Å²) in [6, 6.07) is 14.3. The fourth-order valence-electron chi connectivity index (χ4n) is 4.17. The van der Waals surface area contributed by atoms with E-state index in [-0.39, 0.29) is 29.5 Å². The normalized spacial score (nSPS) is 18.1. The molecule has 4 rings (SSSR count). The number of ether oxygens (including phenoxy) is 2.